The van der Waals surface area contributed by atoms with Crippen LogP contribution in [0.25, 0.3) is 0 Å². The zero-order chi connectivity index (χ0) is 4.41. The fourth-order valence-corrected chi connectivity index (χ4v) is 0.293. The maximum atomic E-state index is 4.65. The average molecular weight is 141 g/mol. The van der Waals surface area contributed by atoms with Gasteiger partial charge in [-0.1, -0.05) is 0 Å². The minimum Gasteiger partial charge on any atom is -1.00 e. The molecule has 40 valence electrons. The Bertz CT molecular complexity index is 116. The van der Waals surface area contributed by atoms with Gasteiger partial charge >= 0.3 is 23.1 Å². The summed E-state index contributed by atoms with van der Waals surface area (Å²) in [5.41, 5.74) is 0.926. The summed E-state index contributed by atoms with van der Waals surface area (Å²) in [5.74, 6) is 0. The Balaban J connectivity index is 0. The van der Waals surface area contributed by atoms with Crippen molar-refractivity contribution in [1.29, 1.82) is 0 Å². The van der Waals surface area contributed by atoms with Gasteiger partial charge < -0.3 is 16.8 Å². The molecule has 0 saturated heterocycles. The second-order valence-corrected chi connectivity index (χ2v) is 1.13. The fraction of sp³-hybridized carbons (Fsp3) is 0. The van der Waals surface area contributed by atoms with Crippen molar-refractivity contribution in [3.63, 3.8) is 0 Å². The molecule has 0 aliphatic rings. The zero-order valence-electron chi connectivity index (χ0n) is 4.43. The molecule has 1 aromatic heterocycles. The van der Waals surface area contributed by atoms with Crippen molar-refractivity contribution in [1.82, 2.24) is 0 Å². The van der Waals surface area contributed by atoms with E-state index in [-0.39, 0.29) is 35.5 Å². The van der Waals surface area contributed by atoms with E-state index in [1.807, 2.05) is 0 Å². The molecule has 8 heavy (non-hydrogen) atoms. The van der Waals surface area contributed by atoms with Gasteiger partial charge in [0.15, 0.2) is 0 Å². The van der Waals surface area contributed by atoms with E-state index in [4.69, 9.17) is 0 Å². The van der Waals surface area contributed by atoms with Crippen LogP contribution in [0.15, 0.2) is 23.0 Å². The summed E-state index contributed by atoms with van der Waals surface area (Å²) in [4.78, 5) is 0. The molecule has 0 aromatic carbocycles. The third-order valence-electron chi connectivity index (χ3n) is 0.580. The number of hydrogen-bond acceptors (Lipinski definition) is 1. The SMILES string of the molecule is [CH2-]c1ccoc1.[Cl-].[Mg+2]. The smallest absolute Gasteiger partial charge is 1.00 e. The maximum Gasteiger partial charge on any atom is 2.00 e. The van der Waals surface area contributed by atoms with E-state index >= 15 is 0 Å². The van der Waals surface area contributed by atoms with Gasteiger partial charge in [0.1, 0.15) is 0 Å². The minimum absolute atomic E-state index is 0. The Hall–Kier alpha value is 0.206. The van der Waals surface area contributed by atoms with Crippen molar-refractivity contribution in [2.24, 2.45) is 0 Å². The first-order valence-electron chi connectivity index (χ1n) is 1.74. The van der Waals surface area contributed by atoms with Crippen LogP contribution in [0.1, 0.15) is 5.56 Å². The summed E-state index contributed by atoms with van der Waals surface area (Å²) in [6.07, 6.45) is 3.20. The van der Waals surface area contributed by atoms with E-state index in [1.165, 1.54) is 0 Å². The van der Waals surface area contributed by atoms with Gasteiger partial charge in [-0.3, -0.25) is 0 Å². The van der Waals surface area contributed by atoms with Crippen molar-refractivity contribution in [2.45, 2.75) is 0 Å². The number of hydrogen-bond donors (Lipinski definition) is 0. The molecule has 0 aliphatic carbocycles. The zero-order valence-corrected chi connectivity index (χ0v) is 6.60. The Kier molecular flexibility index (Phi) is 7.39. The summed E-state index contributed by atoms with van der Waals surface area (Å²) in [6.45, 7) is 3.59. The third kappa shape index (κ3) is 3.24. The van der Waals surface area contributed by atoms with Crippen molar-refractivity contribution >= 4 is 23.1 Å². The van der Waals surface area contributed by atoms with E-state index < -0.39 is 0 Å². The summed E-state index contributed by atoms with van der Waals surface area (Å²) >= 11 is 0. The molecule has 0 N–H and O–H groups in total. The molecular formula is C5H5ClMgO. The van der Waals surface area contributed by atoms with Crippen LogP contribution < -0.4 is 12.4 Å². The molecule has 0 bridgehead atoms. The summed E-state index contributed by atoms with van der Waals surface area (Å²) in [5, 5.41) is 0. The van der Waals surface area contributed by atoms with Crippen LogP contribution in [0.3, 0.4) is 0 Å². The maximum absolute atomic E-state index is 4.65. The largest absolute Gasteiger partial charge is 2.00 e. The Morgan fingerprint density at radius 2 is 2.12 bits per heavy atom. The quantitative estimate of drug-likeness (QED) is 0.303. The molecule has 0 amide bonds. The first-order chi connectivity index (χ1) is 2.89. The van der Waals surface area contributed by atoms with Crippen LogP contribution >= 0.6 is 0 Å². The second kappa shape index (κ2) is 5.35. The predicted molar refractivity (Wildman–Crippen MR) is 28.9 cm³/mol. The predicted octanol–water partition coefficient (Wildman–Crippen LogP) is -1.92. The number of rotatable bonds is 0. The fourth-order valence-electron chi connectivity index (χ4n) is 0.293. The van der Waals surface area contributed by atoms with Crippen molar-refractivity contribution < 1.29 is 16.8 Å². The van der Waals surface area contributed by atoms with Gasteiger partial charge in [0, 0.05) is 6.26 Å². The first-order valence-corrected chi connectivity index (χ1v) is 1.74. The Morgan fingerprint density at radius 3 is 2.25 bits per heavy atom. The second-order valence-electron chi connectivity index (χ2n) is 1.13. The standard InChI is InChI=1S/C5H5O.ClH.Mg/c1-5-2-3-6-4-5;;/h2-4H,1H2;1H;/q-1;;+2/p-1. The van der Waals surface area contributed by atoms with Crippen LogP contribution in [-0.4, -0.2) is 23.1 Å². The van der Waals surface area contributed by atoms with E-state index in [0.29, 0.717) is 0 Å². The molecule has 0 unspecified atom stereocenters. The molecule has 1 aromatic rings. The van der Waals surface area contributed by atoms with Gasteiger partial charge in [-0.15, -0.1) is 6.07 Å². The summed E-state index contributed by atoms with van der Waals surface area (Å²) < 4.78 is 4.65. The van der Waals surface area contributed by atoms with Crippen LogP contribution in [0.2, 0.25) is 0 Å². The van der Waals surface area contributed by atoms with Gasteiger partial charge in [0.2, 0.25) is 0 Å². The van der Waals surface area contributed by atoms with Crippen molar-refractivity contribution in [2.75, 3.05) is 0 Å². The Morgan fingerprint density at radius 1 is 1.50 bits per heavy atom. The van der Waals surface area contributed by atoms with Gasteiger partial charge in [-0.25, -0.2) is 0 Å². The first kappa shape index (κ1) is 11.1. The molecule has 0 saturated carbocycles. The Labute approximate surface area is 71.0 Å². The normalized spacial score (nSPS) is 6.50. The van der Waals surface area contributed by atoms with E-state index in [2.05, 4.69) is 11.3 Å². The minimum atomic E-state index is 0. The molecule has 3 heteroatoms. The van der Waals surface area contributed by atoms with Crippen LogP contribution in [0.5, 0.6) is 0 Å². The molecule has 0 radical (unpaired) electrons. The molecule has 0 spiro atoms. The topological polar surface area (TPSA) is 13.1 Å². The van der Waals surface area contributed by atoms with Crippen molar-refractivity contribution in [3.8, 4) is 0 Å². The van der Waals surface area contributed by atoms with Crippen LogP contribution in [0, 0.1) is 6.92 Å². The monoisotopic (exact) mass is 140 g/mol. The van der Waals surface area contributed by atoms with Crippen molar-refractivity contribution in [3.05, 3.63) is 31.1 Å². The number of furan rings is 1. The molecule has 1 heterocycles. The molecule has 0 fully saturated rings. The molecule has 0 atom stereocenters. The van der Waals surface area contributed by atoms with Gasteiger partial charge in [0.05, 0.1) is 0 Å². The molecule has 1 rings (SSSR count). The van der Waals surface area contributed by atoms with Crippen LogP contribution in [-0.2, 0) is 0 Å². The summed E-state index contributed by atoms with van der Waals surface area (Å²) in [7, 11) is 0. The van der Waals surface area contributed by atoms with Gasteiger partial charge in [-0.2, -0.15) is 12.5 Å². The summed E-state index contributed by atoms with van der Waals surface area (Å²) in [6, 6.07) is 1.81. The van der Waals surface area contributed by atoms with E-state index in [9.17, 15) is 0 Å². The molecule has 1 nitrogen and oxygen atoms in total. The average Bonchev–Trinajstić information content (AvgIpc) is 1.86. The molecule has 0 aliphatic heterocycles. The van der Waals surface area contributed by atoms with E-state index in [1.54, 1.807) is 18.6 Å². The van der Waals surface area contributed by atoms with Crippen LogP contribution in [0.4, 0.5) is 0 Å². The number of halogens is 1. The van der Waals surface area contributed by atoms with Gasteiger partial charge in [-0.05, 0) is 6.26 Å². The third-order valence-corrected chi connectivity index (χ3v) is 0.580. The molecular weight excluding hydrogens is 136 g/mol. The van der Waals surface area contributed by atoms with Gasteiger partial charge in [0.25, 0.3) is 0 Å². The van der Waals surface area contributed by atoms with E-state index in [0.717, 1.165) is 5.56 Å².